The van der Waals surface area contributed by atoms with Gasteiger partial charge in [0.05, 0.1) is 0 Å². The van der Waals surface area contributed by atoms with Crippen molar-refractivity contribution in [3.63, 3.8) is 0 Å². The zero-order valence-electron chi connectivity index (χ0n) is 14.3. The molecule has 2 unspecified atom stereocenters. The number of carbonyl (C=O) groups is 1. The van der Waals surface area contributed by atoms with Gasteiger partial charge in [-0.2, -0.15) is 0 Å². The van der Waals surface area contributed by atoms with E-state index in [0.29, 0.717) is 18.4 Å². The fraction of sp³-hybridized carbons (Fsp3) is 0.933. The molecule has 0 spiro atoms. The Hall–Kier alpha value is 0.220. The molecule has 2 atom stereocenters. The zero-order chi connectivity index (χ0) is 14.4. The molecule has 0 aliphatic carbocycles. The summed E-state index contributed by atoms with van der Waals surface area (Å²) in [6.07, 6.45) is 2.99. The summed E-state index contributed by atoms with van der Waals surface area (Å²) >= 11 is 0. The van der Waals surface area contributed by atoms with Gasteiger partial charge in [0.1, 0.15) is 0 Å². The topological polar surface area (TPSA) is 47.6 Å². The Labute approximate surface area is 159 Å². The highest BCUT2D eigenvalue weighted by molar-refractivity contribution is 5.86. The molecule has 1 amide bonds. The normalized spacial score (nSPS) is 23.1. The number of nitrogens with one attached hydrogen (secondary N) is 2. The summed E-state index contributed by atoms with van der Waals surface area (Å²) in [5.74, 6) is 0.730. The molecule has 0 saturated carbocycles. The predicted molar refractivity (Wildman–Crippen MR) is 103 cm³/mol. The average Bonchev–Trinajstić information content (AvgIpc) is 2.92. The van der Waals surface area contributed by atoms with E-state index in [0.717, 1.165) is 52.2 Å². The number of nitrogens with zero attached hydrogens (tertiary/aromatic N) is 2. The van der Waals surface area contributed by atoms with E-state index in [2.05, 4.69) is 34.4 Å². The number of likely N-dealkylation sites (N-methyl/N-ethyl adjacent to an activating group) is 1. The second-order valence-electron chi connectivity index (χ2n) is 6.51. The lowest BCUT2D eigenvalue weighted by atomic mass is 10.1. The van der Waals surface area contributed by atoms with Crippen molar-refractivity contribution < 1.29 is 4.79 Å². The maximum absolute atomic E-state index is 11.9. The van der Waals surface area contributed by atoms with Crippen LogP contribution in [0.2, 0.25) is 0 Å². The van der Waals surface area contributed by atoms with Crippen LogP contribution >= 0.6 is 37.2 Å². The maximum Gasteiger partial charge on any atom is 0.221 e. The first-order valence-electron chi connectivity index (χ1n) is 8.04. The third kappa shape index (κ3) is 9.95. The van der Waals surface area contributed by atoms with Gasteiger partial charge < -0.3 is 20.4 Å². The number of halogens is 3. The van der Waals surface area contributed by atoms with Crippen molar-refractivity contribution >= 4 is 43.1 Å². The van der Waals surface area contributed by atoms with E-state index < -0.39 is 0 Å². The highest BCUT2D eigenvalue weighted by Crippen LogP contribution is 2.08. The molecular formula is C15H33Cl3N4O. The van der Waals surface area contributed by atoms with Crippen LogP contribution in [0.3, 0.4) is 0 Å². The lowest BCUT2D eigenvalue weighted by molar-refractivity contribution is -0.121. The lowest BCUT2D eigenvalue weighted by Crippen LogP contribution is -2.47. The molecule has 2 saturated heterocycles. The zero-order valence-corrected chi connectivity index (χ0v) is 16.7. The van der Waals surface area contributed by atoms with Gasteiger partial charge in [0.25, 0.3) is 0 Å². The van der Waals surface area contributed by atoms with Crippen molar-refractivity contribution in [2.45, 2.75) is 32.2 Å². The Bertz CT molecular complexity index is 309. The molecule has 23 heavy (non-hydrogen) atoms. The summed E-state index contributed by atoms with van der Waals surface area (Å²) in [6, 6.07) is 0.405. The van der Waals surface area contributed by atoms with Crippen LogP contribution < -0.4 is 10.6 Å². The molecule has 2 aliphatic heterocycles. The van der Waals surface area contributed by atoms with Gasteiger partial charge in [-0.05, 0) is 32.4 Å². The number of carbonyl (C=O) groups excluding carboxylic acids is 1. The maximum atomic E-state index is 11.9. The number of hydrogen-bond acceptors (Lipinski definition) is 4. The van der Waals surface area contributed by atoms with Gasteiger partial charge in [-0.3, -0.25) is 4.79 Å². The van der Waals surface area contributed by atoms with E-state index in [4.69, 9.17) is 0 Å². The summed E-state index contributed by atoms with van der Waals surface area (Å²) in [4.78, 5) is 16.7. The smallest absolute Gasteiger partial charge is 0.221 e. The van der Waals surface area contributed by atoms with Crippen molar-refractivity contribution in [2.24, 2.45) is 5.92 Å². The SMILES string of the molecule is CC(CNC(=O)CC1CCCN1)CN1CCN(C)CC1.Cl.Cl.Cl. The molecular weight excluding hydrogens is 359 g/mol. The van der Waals surface area contributed by atoms with Crippen LogP contribution in [-0.2, 0) is 4.79 Å². The fourth-order valence-electron chi connectivity index (χ4n) is 3.05. The first-order chi connectivity index (χ1) is 9.63. The number of rotatable bonds is 6. The van der Waals surface area contributed by atoms with Gasteiger partial charge in [0, 0.05) is 51.7 Å². The molecule has 0 bridgehead atoms. The summed E-state index contributed by atoms with van der Waals surface area (Å²) in [5.41, 5.74) is 0. The summed E-state index contributed by atoms with van der Waals surface area (Å²) in [5, 5.41) is 6.46. The minimum absolute atomic E-state index is 0. The van der Waals surface area contributed by atoms with Crippen LogP contribution in [0.5, 0.6) is 0 Å². The Morgan fingerprint density at radius 1 is 1.22 bits per heavy atom. The van der Waals surface area contributed by atoms with E-state index >= 15 is 0 Å². The van der Waals surface area contributed by atoms with Gasteiger partial charge in [0.15, 0.2) is 0 Å². The van der Waals surface area contributed by atoms with E-state index in [9.17, 15) is 4.79 Å². The highest BCUT2D eigenvalue weighted by atomic mass is 35.5. The van der Waals surface area contributed by atoms with E-state index in [-0.39, 0.29) is 43.1 Å². The third-order valence-corrected chi connectivity index (χ3v) is 4.41. The van der Waals surface area contributed by atoms with Gasteiger partial charge >= 0.3 is 0 Å². The van der Waals surface area contributed by atoms with E-state index in [1.165, 1.54) is 6.42 Å². The molecule has 0 aromatic carbocycles. The minimum atomic E-state index is 0. The van der Waals surface area contributed by atoms with Gasteiger partial charge in [-0.15, -0.1) is 37.2 Å². The quantitative estimate of drug-likeness (QED) is 0.718. The van der Waals surface area contributed by atoms with Crippen LogP contribution in [0.1, 0.15) is 26.2 Å². The Morgan fingerprint density at radius 2 is 1.87 bits per heavy atom. The van der Waals surface area contributed by atoms with E-state index in [1.54, 1.807) is 0 Å². The largest absolute Gasteiger partial charge is 0.356 e. The minimum Gasteiger partial charge on any atom is -0.356 e. The molecule has 2 aliphatic rings. The van der Waals surface area contributed by atoms with Crippen LogP contribution in [0.15, 0.2) is 0 Å². The Kier molecular flexibility index (Phi) is 14.9. The monoisotopic (exact) mass is 390 g/mol. The van der Waals surface area contributed by atoms with Crippen LogP contribution in [-0.4, -0.2) is 74.6 Å². The molecule has 2 rings (SSSR count). The Balaban J connectivity index is 0. The highest BCUT2D eigenvalue weighted by Gasteiger charge is 2.19. The summed E-state index contributed by atoms with van der Waals surface area (Å²) in [7, 11) is 2.18. The molecule has 0 radical (unpaired) electrons. The van der Waals surface area contributed by atoms with Crippen molar-refractivity contribution in [1.29, 1.82) is 0 Å². The average molecular weight is 392 g/mol. The third-order valence-electron chi connectivity index (χ3n) is 4.41. The first-order valence-corrected chi connectivity index (χ1v) is 8.04. The summed E-state index contributed by atoms with van der Waals surface area (Å²) in [6.45, 7) is 9.82. The van der Waals surface area contributed by atoms with Crippen molar-refractivity contribution in [1.82, 2.24) is 20.4 Å². The molecule has 0 aromatic rings. The van der Waals surface area contributed by atoms with Crippen LogP contribution in [0.25, 0.3) is 0 Å². The van der Waals surface area contributed by atoms with Crippen molar-refractivity contribution in [2.75, 3.05) is 52.9 Å². The Morgan fingerprint density at radius 3 is 2.43 bits per heavy atom. The fourth-order valence-corrected chi connectivity index (χ4v) is 3.05. The van der Waals surface area contributed by atoms with Crippen LogP contribution in [0.4, 0.5) is 0 Å². The van der Waals surface area contributed by atoms with Gasteiger partial charge in [-0.1, -0.05) is 6.92 Å². The lowest BCUT2D eigenvalue weighted by Gasteiger charge is -2.34. The van der Waals surface area contributed by atoms with Crippen LogP contribution in [0, 0.1) is 5.92 Å². The van der Waals surface area contributed by atoms with Gasteiger partial charge in [0.2, 0.25) is 5.91 Å². The molecule has 2 N–H and O–H groups in total. The molecule has 0 aromatic heterocycles. The van der Waals surface area contributed by atoms with Crippen molar-refractivity contribution in [3.8, 4) is 0 Å². The van der Waals surface area contributed by atoms with Crippen molar-refractivity contribution in [3.05, 3.63) is 0 Å². The molecule has 8 heteroatoms. The molecule has 2 fully saturated rings. The molecule has 2 heterocycles. The van der Waals surface area contributed by atoms with Gasteiger partial charge in [-0.25, -0.2) is 0 Å². The predicted octanol–water partition coefficient (Wildman–Crippen LogP) is 1.39. The summed E-state index contributed by atoms with van der Waals surface area (Å²) < 4.78 is 0. The number of hydrogen-bond donors (Lipinski definition) is 2. The molecule has 140 valence electrons. The molecule has 5 nitrogen and oxygen atoms in total. The second-order valence-corrected chi connectivity index (χ2v) is 6.51. The number of piperazine rings is 1. The first kappa shape index (κ1) is 25.5. The standard InChI is InChI=1S/C15H30N4O.3ClH/c1-13(12-19-8-6-18(2)7-9-19)11-17-15(20)10-14-4-3-5-16-14;;;/h13-14,16H,3-12H2,1-2H3,(H,17,20);3*1H. The second kappa shape index (κ2) is 13.5. The van der Waals surface area contributed by atoms with E-state index in [1.807, 2.05) is 0 Å². The number of amides is 1.